The molecule has 0 fully saturated rings. The third-order valence-electron chi connectivity index (χ3n) is 2.74. The molecule has 2 rings (SSSR count). The van der Waals surface area contributed by atoms with E-state index in [1.54, 1.807) is 18.2 Å². The Hall–Kier alpha value is -2.68. The lowest BCUT2D eigenvalue weighted by atomic mass is 10.2. The van der Waals surface area contributed by atoms with Gasteiger partial charge in [0.1, 0.15) is 0 Å². The number of hydrogen-bond acceptors (Lipinski definition) is 3. The molecule has 9 heteroatoms. The summed E-state index contributed by atoms with van der Waals surface area (Å²) in [5, 5.41) is 4.95. The molecule has 0 unspecified atom stereocenters. The predicted molar refractivity (Wildman–Crippen MR) is 86.0 cm³/mol. The number of amides is 3. The number of nitrogens with two attached hydrogens (primary N) is 1. The van der Waals surface area contributed by atoms with Crippen molar-refractivity contribution >= 4 is 35.1 Å². The van der Waals surface area contributed by atoms with Crippen molar-refractivity contribution in [2.75, 3.05) is 10.6 Å². The number of carbonyl (C=O) groups excluding carboxylic acids is 2. The smallest absolute Gasteiger partial charge is 0.351 e. The SMILES string of the molecule is NC(=O)Nc1cccc(NC(=O)c2ccc(SC(F)(F)F)cc2)c1. The molecule has 0 spiro atoms. The van der Waals surface area contributed by atoms with Crippen molar-refractivity contribution in [2.45, 2.75) is 10.4 Å². The minimum Gasteiger partial charge on any atom is -0.351 e. The summed E-state index contributed by atoms with van der Waals surface area (Å²) in [4.78, 5) is 22.9. The van der Waals surface area contributed by atoms with Gasteiger partial charge in [0.05, 0.1) is 0 Å². The van der Waals surface area contributed by atoms with E-state index in [9.17, 15) is 22.8 Å². The molecule has 0 aliphatic carbocycles. The van der Waals surface area contributed by atoms with Crippen LogP contribution >= 0.6 is 11.8 Å². The van der Waals surface area contributed by atoms with Gasteiger partial charge in [-0.15, -0.1) is 0 Å². The normalized spacial score (nSPS) is 11.0. The fourth-order valence-corrected chi connectivity index (χ4v) is 2.37. The third kappa shape index (κ3) is 5.51. The second-order valence-electron chi connectivity index (χ2n) is 4.60. The number of urea groups is 1. The average molecular weight is 355 g/mol. The van der Waals surface area contributed by atoms with Crippen LogP contribution in [-0.2, 0) is 0 Å². The zero-order valence-corrected chi connectivity index (χ0v) is 12.9. The summed E-state index contributed by atoms with van der Waals surface area (Å²) in [5.41, 5.74) is 1.63. The van der Waals surface area contributed by atoms with Crippen molar-refractivity contribution in [1.82, 2.24) is 0 Å². The number of rotatable bonds is 4. The molecule has 2 aromatic carbocycles. The summed E-state index contributed by atoms with van der Waals surface area (Å²) in [5.74, 6) is -0.491. The summed E-state index contributed by atoms with van der Waals surface area (Å²) in [6.07, 6.45) is 0. The highest BCUT2D eigenvalue weighted by Crippen LogP contribution is 2.36. The quantitative estimate of drug-likeness (QED) is 0.724. The van der Waals surface area contributed by atoms with Crippen LogP contribution in [0.4, 0.5) is 29.3 Å². The van der Waals surface area contributed by atoms with Crippen LogP contribution in [-0.4, -0.2) is 17.4 Å². The maximum Gasteiger partial charge on any atom is 0.446 e. The fraction of sp³-hybridized carbons (Fsp3) is 0.0667. The van der Waals surface area contributed by atoms with Crippen LogP contribution in [0.3, 0.4) is 0 Å². The van der Waals surface area contributed by atoms with Gasteiger partial charge in [0.25, 0.3) is 5.91 Å². The number of benzene rings is 2. The zero-order valence-electron chi connectivity index (χ0n) is 12.1. The largest absolute Gasteiger partial charge is 0.446 e. The van der Waals surface area contributed by atoms with Gasteiger partial charge in [-0.25, -0.2) is 4.79 Å². The first-order chi connectivity index (χ1) is 11.2. The number of hydrogen-bond donors (Lipinski definition) is 3. The zero-order chi connectivity index (χ0) is 17.7. The van der Waals surface area contributed by atoms with Gasteiger partial charge < -0.3 is 16.4 Å². The first-order valence-corrected chi connectivity index (χ1v) is 7.38. The highest BCUT2D eigenvalue weighted by molar-refractivity contribution is 8.00. The maximum atomic E-state index is 12.3. The first-order valence-electron chi connectivity index (χ1n) is 6.56. The molecule has 0 aromatic heterocycles. The van der Waals surface area contributed by atoms with E-state index in [1.807, 2.05) is 0 Å². The summed E-state index contributed by atoms with van der Waals surface area (Å²) >= 11 is -0.251. The second kappa shape index (κ2) is 7.26. The van der Waals surface area contributed by atoms with Crippen LogP contribution in [0, 0.1) is 0 Å². The summed E-state index contributed by atoms with van der Waals surface area (Å²) in [6, 6.07) is 10.6. The Kier molecular flexibility index (Phi) is 5.35. The molecule has 2 aromatic rings. The fourth-order valence-electron chi connectivity index (χ4n) is 1.83. The van der Waals surface area contributed by atoms with Gasteiger partial charge in [-0.2, -0.15) is 13.2 Å². The molecular weight excluding hydrogens is 343 g/mol. The third-order valence-corrected chi connectivity index (χ3v) is 3.48. The molecule has 0 atom stereocenters. The van der Waals surface area contributed by atoms with Crippen molar-refractivity contribution in [1.29, 1.82) is 0 Å². The van der Waals surface area contributed by atoms with E-state index in [4.69, 9.17) is 5.73 Å². The topological polar surface area (TPSA) is 84.2 Å². The van der Waals surface area contributed by atoms with Gasteiger partial charge >= 0.3 is 11.5 Å². The number of primary amides is 1. The van der Waals surface area contributed by atoms with Gasteiger partial charge in [-0.1, -0.05) is 6.07 Å². The van der Waals surface area contributed by atoms with E-state index in [2.05, 4.69) is 10.6 Å². The van der Waals surface area contributed by atoms with Crippen molar-refractivity contribution in [3.8, 4) is 0 Å². The van der Waals surface area contributed by atoms with E-state index >= 15 is 0 Å². The molecule has 0 radical (unpaired) electrons. The Morgan fingerprint density at radius 2 is 1.54 bits per heavy atom. The Labute approximate surface area is 139 Å². The van der Waals surface area contributed by atoms with Gasteiger partial charge in [0, 0.05) is 21.8 Å². The standard InChI is InChI=1S/C15H12F3N3O2S/c16-15(17,18)24-12-6-4-9(5-7-12)13(22)20-10-2-1-3-11(8-10)21-14(19)23/h1-8H,(H,20,22)(H3,19,21,23). The van der Waals surface area contributed by atoms with Crippen LogP contribution in [0.25, 0.3) is 0 Å². The molecule has 0 heterocycles. The molecule has 0 saturated carbocycles. The van der Waals surface area contributed by atoms with Crippen LogP contribution in [0.5, 0.6) is 0 Å². The van der Waals surface area contributed by atoms with Crippen LogP contribution in [0.1, 0.15) is 10.4 Å². The highest BCUT2D eigenvalue weighted by atomic mass is 32.2. The average Bonchev–Trinajstić information content (AvgIpc) is 2.46. The van der Waals surface area contributed by atoms with E-state index in [-0.39, 0.29) is 22.2 Å². The van der Waals surface area contributed by atoms with Crippen molar-refractivity contribution < 1.29 is 22.8 Å². The van der Waals surface area contributed by atoms with Gasteiger partial charge in [-0.05, 0) is 54.2 Å². The maximum absolute atomic E-state index is 12.3. The number of halogens is 3. The Morgan fingerprint density at radius 3 is 2.08 bits per heavy atom. The second-order valence-corrected chi connectivity index (χ2v) is 5.73. The van der Waals surface area contributed by atoms with Gasteiger partial charge in [-0.3, -0.25) is 4.79 Å². The van der Waals surface area contributed by atoms with Crippen molar-refractivity contribution in [3.05, 3.63) is 54.1 Å². The lowest BCUT2D eigenvalue weighted by Crippen LogP contribution is -2.19. The highest BCUT2D eigenvalue weighted by Gasteiger charge is 2.29. The lowest BCUT2D eigenvalue weighted by molar-refractivity contribution is -0.0328. The monoisotopic (exact) mass is 355 g/mol. The molecule has 5 nitrogen and oxygen atoms in total. The van der Waals surface area contributed by atoms with Gasteiger partial charge in [0.15, 0.2) is 0 Å². The lowest BCUT2D eigenvalue weighted by Gasteiger charge is -2.09. The number of carbonyl (C=O) groups is 2. The van der Waals surface area contributed by atoms with E-state index in [0.29, 0.717) is 11.4 Å². The Morgan fingerprint density at radius 1 is 0.958 bits per heavy atom. The van der Waals surface area contributed by atoms with Crippen LogP contribution < -0.4 is 16.4 Å². The number of thioether (sulfide) groups is 1. The van der Waals surface area contributed by atoms with Gasteiger partial charge in [0.2, 0.25) is 0 Å². The number of nitrogens with one attached hydrogen (secondary N) is 2. The molecule has 0 aliphatic rings. The van der Waals surface area contributed by atoms with Crippen molar-refractivity contribution in [3.63, 3.8) is 0 Å². The number of anilines is 2. The minimum atomic E-state index is -4.38. The van der Waals surface area contributed by atoms with Crippen molar-refractivity contribution in [2.24, 2.45) is 5.73 Å². The molecule has 0 aliphatic heterocycles. The molecule has 3 amide bonds. The Bertz CT molecular complexity index is 748. The minimum absolute atomic E-state index is 0.00768. The molecular formula is C15H12F3N3O2S. The predicted octanol–water partition coefficient (Wildman–Crippen LogP) is 4.04. The number of alkyl halides is 3. The molecule has 126 valence electrons. The summed E-state index contributed by atoms with van der Waals surface area (Å²) in [7, 11) is 0. The van der Waals surface area contributed by atoms with E-state index < -0.39 is 17.4 Å². The Balaban J connectivity index is 2.06. The van der Waals surface area contributed by atoms with Crippen LogP contribution in [0.15, 0.2) is 53.4 Å². The first kappa shape index (κ1) is 17.7. The molecule has 4 N–H and O–H groups in total. The molecule has 0 bridgehead atoms. The van der Waals surface area contributed by atoms with E-state index in [1.165, 1.54) is 30.3 Å². The van der Waals surface area contributed by atoms with E-state index in [0.717, 1.165) is 0 Å². The van der Waals surface area contributed by atoms with Crippen LogP contribution in [0.2, 0.25) is 0 Å². The molecule has 0 saturated heterocycles. The summed E-state index contributed by atoms with van der Waals surface area (Å²) in [6.45, 7) is 0. The summed E-state index contributed by atoms with van der Waals surface area (Å²) < 4.78 is 36.8. The molecule has 24 heavy (non-hydrogen) atoms.